The molecule has 0 spiro atoms. The number of carboxylic acid groups (broad SMARTS) is 1. The summed E-state index contributed by atoms with van der Waals surface area (Å²) in [4.78, 5) is 23.1. The predicted octanol–water partition coefficient (Wildman–Crippen LogP) is 1.55. The maximum Gasteiger partial charge on any atom is 0.335 e. The summed E-state index contributed by atoms with van der Waals surface area (Å²) < 4.78 is 10.3. The molecule has 6 nitrogen and oxygen atoms in total. The Hall–Kier alpha value is -2.08. The van der Waals surface area contributed by atoms with Crippen molar-refractivity contribution >= 4 is 11.9 Å². The van der Waals surface area contributed by atoms with E-state index < -0.39 is 5.97 Å². The van der Waals surface area contributed by atoms with Crippen LogP contribution in [0, 0.1) is 5.92 Å². The Bertz CT molecular complexity index is 523. The molecule has 2 N–H and O–H groups in total. The van der Waals surface area contributed by atoms with Gasteiger partial charge in [-0.2, -0.15) is 0 Å². The zero-order valence-corrected chi connectivity index (χ0v) is 11.9. The highest BCUT2D eigenvalue weighted by molar-refractivity contribution is 5.98. The lowest BCUT2D eigenvalue weighted by molar-refractivity contribution is 0.0696. The van der Waals surface area contributed by atoms with Crippen molar-refractivity contribution in [1.29, 1.82) is 0 Å². The fraction of sp³-hybridized carbons (Fsp3) is 0.467. The van der Waals surface area contributed by atoms with Gasteiger partial charge in [-0.25, -0.2) is 4.79 Å². The number of ether oxygens (including phenoxy) is 2. The van der Waals surface area contributed by atoms with Gasteiger partial charge in [0.2, 0.25) is 0 Å². The van der Waals surface area contributed by atoms with Gasteiger partial charge >= 0.3 is 5.97 Å². The first kappa shape index (κ1) is 15.3. The van der Waals surface area contributed by atoms with Crippen molar-refractivity contribution in [2.75, 3.05) is 26.9 Å². The van der Waals surface area contributed by atoms with E-state index in [-0.39, 0.29) is 17.0 Å². The van der Waals surface area contributed by atoms with E-state index in [0.29, 0.717) is 18.2 Å². The number of nitrogens with one attached hydrogen (secondary N) is 1. The molecule has 0 saturated carbocycles. The van der Waals surface area contributed by atoms with Gasteiger partial charge in [0.15, 0.2) is 0 Å². The second-order valence-electron chi connectivity index (χ2n) is 5.03. The minimum Gasteiger partial charge on any atom is -0.497 e. The quantitative estimate of drug-likeness (QED) is 0.831. The first-order chi connectivity index (χ1) is 10.1. The molecule has 1 fully saturated rings. The second kappa shape index (κ2) is 7.08. The van der Waals surface area contributed by atoms with E-state index in [2.05, 4.69) is 5.32 Å². The molecule has 1 aromatic carbocycles. The van der Waals surface area contributed by atoms with E-state index >= 15 is 0 Å². The number of carbonyl (C=O) groups is 2. The molecule has 1 heterocycles. The van der Waals surface area contributed by atoms with Gasteiger partial charge in [0.1, 0.15) is 5.75 Å². The molecule has 1 aliphatic rings. The van der Waals surface area contributed by atoms with Crippen molar-refractivity contribution < 1.29 is 24.2 Å². The third-order valence-corrected chi connectivity index (χ3v) is 3.51. The van der Waals surface area contributed by atoms with Gasteiger partial charge in [0.25, 0.3) is 5.91 Å². The molecular weight excluding hydrogens is 274 g/mol. The number of carbonyl (C=O) groups excluding carboxylic acids is 1. The summed E-state index contributed by atoms with van der Waals surface area (Å²) in [5, 5.41) is 11.8. The van der Waals surface area contributed by atoms with Gasteiger partial charge in [-0.15, -0.1) is 0 Å². The molecule has 1 atom stereocenters. The standard InChI is InChI=1S/C15H19NO5/c1-20-13-7-11(6-12(8-13)15(18)19)14(17)16-4-2-10-3-5-21-9-10/h6-8,10H,2-5,9H2,1H3,(H,16,17)(H,18,19). The normalized spacial score (nSPS) is 17.5. The Morgan fingerprint density at radius 2 is 2.14 bits per heavy atom. The van der Waals surface area contributed by atoms with Crippen LogP contribution >= 0.6 is 0 Å². The number of benzene rings is 1. The van der Waals surface area contributed by atoms with E-state index in [0.717, 1.165) is 26.1 Å². The summed E-state index contributed by atoms with van der Waals surface area (Å²) >= 11 is 0. The van der Waals surface area contributed by atoms with Gasteiger partial charge in [0.05, 0.1) is 12.7 Å². The Balaban J connectivity index is 1.97. The van der Waals surface area contributed by atoms with Crippen LogP contribution in [-0.2, 0) is 4.74 Å². The first-order valence-corrected chi connectivity index (χ1v) is 6.88. The average Bonchev–Trinajstić information content (AvgIpc) is 2.99. The van der Waals surface area contributed by atoms with Gasteiger partial charge in [-0.1, -0.05) is 0 Å². The van der Waals surface area contributed by atoms with Crippen molar-refractivity contribution in [3.8, 4) is 5.75 Å². The van der Waals surface area contributed by atoms with Gasteiger partial charge in [0, 0.05) is 25.3 Å². The number of hydrogen-bond acceptors (Lipinski definition) is 4. The maximum absolute atomic E-state index is 12.1. The molecule has 1 unspecified atom stereocenters. The number of methoxy groups -OCH3 is 1. The maximum atomic E-state index is 12.1. The zero-order valence-electron chi connectivity index (χ0n) is 11.9. The number of aromatic carboxylic acids is 1. The SMILES string of the molecule is COc1cc(C(=O)O)cc(C(=O)NCCC2CCOC2)c1. The molecule has 2 rings (SSSR count). The lowest BCUT2D eigenvalue weighted by atomic mass is 10.1. The molecule has 1 aromatic rings. The largest absolute Gasteiger partial charge is 0.497 e. The molecule has 21 heavy (non-hydrogen) atoms. The van der Waals surface area contributed by atoms with E-state index in [4.69, 9.17) is 14.6 Å². The third-order valence-electron chi connectivity index (χ3n) is 3.51. The second-order valence-corrected chi connectivity index (χ2v) is 5.03. The van der Waals surface area contributed by atoms with Gasteiger partial charge in [-0.05, 0) is 37.0 Å². The smallest absolute Gasteiger partial charge is 0.335 e. The van der Waals surface area contributed by atoms with Crippen molar-refractivity contribution in [2.24, 2.45) is 5.92 Å². The van der Waals surface area contributed by atoms with Crippen molar-refractivity contribution in [2.45, 2.75) is 12.8 Å². The summed E-state index contributed by atoms with van der Waals surface area (Å²) in [5.74, 6) is -0.546. The highest BCUT2D eigenvalue weighted by Gasteiger charge is 2.16. The van der Waals surface area contributed by atoms with Crippen molar-refractivity contribution in [3.05, 3.63) is 29.3 Å². The molecule has 1 aliphatic heterocycles. The Morgan fingerprint density at radius 3 is 2.76 bits per heavy atom. The highest BCUT2D eigenvalue weighted by atomic mass is 16.5. The van der Waals surface area contributed by atoms with Crippen LogP contribution < -0.4 is 10.1 Å². The van der Waals surface area contributed by atoms with Gasteiger partial charge < -0.3 is 19.9 Å². The molecule has 0 radical (unpaired) electrons. The van der Waals surface area contributed by atoms with Gasteiger partial charge in [-0.3, -0.25) is 4.79 Å². The molecular formula is C15H19NO5. The lowest BCUT2D eigenvalue weighted by Crippen LogP contribution is -2.26. The zero-order chi connectivity index (χ0) is 15.2. The van der Waals surface area contributed by atoms with Crippen LogP contribution in [0.3, 0.4) is 0 Å². The molecule has 1 amide bonds. The minimum absolute atomic E-state index is 0.0312. The highest BCUT2D eigenvalue weighted by Crippen LogP contribution is 2.18. The summed E-state index contributed by atoms with van der Waals surface area (Å²) in [5.41, 5.74) is 0.318. The summed E-state index contributed by atoms with van der Waals surface area (Å²) in [6.07, 6.45) is 1.89. The van der Waals surface area contributed by atoms with Crippen LogP contribution in [0.5, 0.6) is 5.75 Å². The van der Waals surface area contributed by atoms with E-state index in [1.807, 2.05) is 0 Å². The third kappa shape index (κ3) is 4.19. The first-order valence-electron chi connectivity index (χ1n) is 6.88. The van der Waals surface area contributed by atoms with E-state index in [9.17, 15) is 9.59 Å². The van der Waals surface area contributed by atoms with E-state index in [1.165, 1.54) is 25.3 Å². The Labute approximate surface area is 123 Å². The van der Waals surface area contributed by atoms with Crippen LogP contribution in [0.25, 0.3) is 0 Å². The Kier molecular flexibility index (Phi) is 5.16. The average molecular weight is 293 g/mol. The van der Waals surface area contributed by atoms with Crippen LogP contribution in [-0.4, -0.2) is 43.9 Å². The molecule has 6 heteroatoms. The Morgan fingerprint density at radius 1 is 1.38 bits per heavy atom. The predicted molar refractivity (Wildman–Crippen MR) is 75.8 cm³/mol. The number of amides is 1. The van der Waals surface area contributed by atoms with Crippen molar-refractivity contribution in [1.82, 2.24) is 5.32 Å². The summed E-state index contributed by atoms with van der Waals surface area (Å²) in [6.45, 7) is 2.08. The fourth-order valence-electron chi connectivity index (χ4n) is 2.27. The minimum atomic E-state index is -1.09. The molecule has 0 bridgehead atoms. The van der Waals surface area contributed by atoms with Crippen LogP contribution in [0.15, 0.2) is 18.2 Å². The summed E-state index contributed by atoms with van der Waals surface area (Å²) in [7, 11) is 1.43. The molecule has 114 valence electrons. The lowest BCUT2D eigenvalue weighted by Gasteiger charge is -2.10. The van der Waals surface area contributed by atoms with Crippen LogP contribution in [0.2, 0.25) is 0 Å². The number of rotatable bonds is 6. The van der Waals surface area contributed by atoms with Crippen LogP contribution in [0.1, 0.15) is 33.6 Å². The summed E-state index contributed by atoms with van der Waals surface area (Å²) in [6, 6.07) is 4.26. The molecule has 0 aromatic heterocycles. The fourth-order valence-corrected chi connectivity index (χ4v) is 2.27. The van der Waals surface area contributed by atoms with Crippen molar-refractivity contribution in [3.63, 3.8) is 0 Å². The topological polar surface area (TPSA) is 84.9 Å². The molecule has 1 saturated heterocycles. The number of hydrogen-bond donors (Lipinski definition) is 2. The molecule has 0 aliphatic carbocycles. The van der Waals surface area contributed by atoms with E-state index in [1.54, 1.807) is 0 Å². The van der Waals surface area contributed by atoms with Crippen LogP contribution in [0.4, 0.5) is 0 Å². The monoisotopic (exact) mass is 293 g/mol. The number of carboxylic acids is 1.